The molecule has 0 spiro atoms. The molecular formula is C11H21N3O3. The summed E-state index contributed by atoms with van der Waals surface area (Å²) in [7, 11) is 0. The van der Waals surface area contributed by atoms with Gasteiger partial charge in [0, 0.05) is 13.0 Å². The Kier molecular flexibility index (Phi) is 5.93. The van der Waals surface area contributed by atoms with Crippen molar-refractivity contribution in [2.75, 3.05) is 19.6 Å². The number of primary amides is 1. The van der Waals surface area contributed by atoms with E-state index < -0.39 is 0 Å². The van der Waals surface area contributed by atoms with Crippen molar-refractivity contribution in [1.29, 1.82) is 0 Å². The van der Waals surface area contributed by atoms with Crippen LogP contribution in [0.5, 0.6) is 0 Å². The molecule has 1 saturated heterocycles. The Labute approximate surface area is 101 Å². The molecule has 1 rings (SSSR count). The summed E-state index contributed by atoms with van der Waals surface area (Å²) in [4.78, 5) is 23.9. The van der Waals surface area contributed by atoms with Crippen LogP contribution in [0.3, 0.4) is 0 Å². The van der Waals surface area contributed by atoms with Crippen molar-refractivity contribution in [1.82, 2.24) is 10.4 Å². The third-order valence-corrected chi connectivity index (χ3v) is 3.18. The number of unbranched alkanes of at least 4 members (excludes halogenated alkanes) is 2. The molecule has 17 heavy (non-hydrogen) atoms. The van der Waals surface area contributed by atoms with Gasteiger partial charge in [-0.1, -0.05) is 6.42 Å². The molecule has 0 aromatic carbocycles. The van der Waals surface area contributed by atoms with Crippen LogP contribution in [-0.2, 0) is 9.59 Å². The van der Waals surface area contributed by atoms with Crippen molar-refractivity contribution in [3.63, 3.8) is 0 Å². The highest BCUT2D eigenvalue weighted by molar-refractivity contribution is 5.77. The minimum absolute atomic E-state index is 0.00941. The number of nitrogens with two attached hydrogens (primary N) is 1. The van der Waals surface area contributed by atoms with Crippen molar-refractivity contribution >= 4 is 11.8 Å². The van der Waals surface area contributed by atoms with Crippen LogP contribution in [0.1, 0.15) is 32.1 Å². The largest absolute Gasteiger partial charge is 0.369 e. The van der Waals surface area contributed by atoms with Crippen LogP contribution in [0.15, 0.2) is 0 Å². The number of rotatable bonds is 7. The molecule has 1 fully saturated rings. The lowest BCUT2D eigenvalue weighted by atomic mass is 10.1. The van der Waals surface area contributed by atoms with Crippen molar-refractivity contribution in [2.24, 2.45) is 11.7 Å². The monoisotopic (exact) mass is 243 g/mol. The number of nitrogens with one attached hydrogen (secondary N) is 1. The average molecular weight is 243 g/mol. The van der Waals surface area contributed by atoms with Crippen LogP contribution >= 0.6 is 0 Å². The second-order valence-corrected chi connectivity index (χ2v) is 4.53. The fourth-order valence-corrected chi connectivity index (χ4v) is 2.12. The number of nitrogens with zero attached hydrogens (tertiary/aromatic N) is 1. The SMILES string of the molecule is NC(=O)C1CCN(CCCCCC(=O)NO)C1. The highest BCUT2D eigenvalue weighted by Crippen LogP contribution is 2.16. The Morgan fingerprint density at radius 3 is 2.71 bits per heavy atom. The molecule has 2 amide bonds. The summed E-state index contributed by atoms with van der Waals surface area (Å²) in [5, 5.41) is 8.29. The number of carbonyl (C=O) groups is 2. The molecule has 1 aliphatic rings. The van der Waals surface area contributed by atoms with E-state index in [2.05, 4.69) is 4.90 Å². The number of hydrogen-bond donors (Lipinski definition) is 3. The average Bonchev–Trinajstić information content (AvgIpc) is 2.77. The zero-order valence-corrected chi connectivity index (χ0v) is 10.0. The predicted molar refractivity (Wildman–Crippen MR) is 62.1 cm³/mol. The van der Waals surface area contributed by atoms with Gasteiger partial charge in [-0.2, -0.15) is 0 Å². The van der Waals surface area contributed by atoms with E-state index in [-0.39, 0.29) is 17.7 Å². The summed E-state index contributed by atoms with van der Waals surface area (Å²) >= 11 is 0. The van der Waals surface area contributed by atoms with Gasteiger partial charge >= 0.3 is 0 Å². The lowest BCUT2D eigenvalue weighted by Crippen LogP contribution is -2.28. The standard InChI is InChI=1S/C11H21N3O3/c12-11(16)9-5-7-14(8-9)6-3-1-2-4-10(15)13-17/h9,17H,1-8H2,(H2,12,16)(H,13,15). The molecule has 1 unspecified atom stereocenters. The van der Waals surface area contributed by atoms with Gasteiger partial charge in [0.2, 0.25) is 11.8 Å². The molecule has 1 atom stereocenters. The van der Waals surface area contributed by atoms with Gasteiger partial charge in [0.25, 0.3) is 0 Å². The van der Waals surface area contributed by atoms with Crippen LogP contribution < -0.4 is 11.2 Å². The minimum Gasteiger partial charge on any atom is -0.369 e. The first kappa shape index (κ1) is 13.9. The first-order valence-electron chi connectivity index (χ1n) is 6.08. The van der Waals surface area contributed by atoms with Crippen LogP contribution in [0.2, 0.25) is 0 Å². The van der Waals surface area contributed by atoms with Gasteiger partial charge in [-0.05, 0) is 32.4 Å². The second kappa shape index (κ2) is 7.24. The molecule has 6 nitrogen and oxygen atoms in total. The highest BCUT2D eigenvalue weighted by Gasteiger charge is 2.25. The van der Waals surface area contributed by atoms with E-state index in [4.69, 9.17) is 10.9 Å². The van der Waals surface area contributed by atoms with Gasteiger partial charge < -0.3 is 10.6 Å². The van der Waals surface area contributed by atoms with Crippen LogP contribution in [0.4, 0.5) is 0 Å². The third-order valence-electron chi connectivity index (χ3n) is 3.18. The van der Waals surface area contributed by atoms with Gasteiger partial charge in [0.15, 0.2) is 0 Å². The van der Waals surface area contributed by atoms with Gasteiger partial charge in [-0.15, -0.1) is 0 Å². The molecule has 1 heterocycles. The zero-order chi connectivity index (χ0) is 12.7. The Morgan fingerprint density at radius 2 is 2.12 bits per heavy atom. The third kappa shape index (κ3) is 5.14. The number of amides is 2. The topological polar surface area (TPSA) is 95.7 Å². The number of carbonyl (C=O) groups excluding carboxylic acids is 2. The lowest BCUT2D eigenvalue weighted by molar-refractivity contribution is -0.129. The number of hydrogen-bond acceptors (Lipinski definition) is 4. The van der Waals surface area contributed by atoms with Crippen LogP contribution in [0.25, 0.3) is 0 Å². The lowest BCUT2D eigenvalue weighted by Gasteiger charge is -2.14. The van der Waals surface area contributed by atoms with Crippen molar-refractivity contribution in [3.05, 3.63) is 0 Å². The molecule has 0 bridgehead atoms. The van der Waals surface area contributed by atoms with Crippen molar-refractivity contribution in [2.45, 2.75) is 32.1 Å². The Balaban J connectivity index is 2.01. The van der Waals surface area contributed by atoms with Gasteiger partial charge in [0.1, 0.15) is 0 Å². The molecule has 0 radical (unpaired) electrons. The molecule has 0 aromatic rings. The van der Waals surface area contributed by atoms with E-state index in [0.717, 1.165) is 45.3 Å². The Morgan fingerprint density at radius 1 is 1.35 bits per heavy atom. The van der Waals surface area contributed by atoms with Gasteiger partial charge in [-0.25, -0.2) is 5.48 Å². The summed E-state index contributed by atoms with van der Waals surface area (Å²) in [5.74, 6) is -0.526. The van der Waals surface area contributed by atoms with Crippen molar-refractivity contribution < 1.29 is 14.8 Å². The summed E-state index contributed by atoms with van der Waals surface area (Å²) in [6, 6.07) is 0. The fourth-order valence-electron chi connectivity index (χ4n) is 2.12. The minimum atomic E-state index is -0.333. The number of likely N-dealkylation sites (tertiary alicyclic amines) is 1. The molecule has 0 aliphatic carbocycles. The van der Waals surface area contributed by atoms with E-state index in [9.17, 15) is 9.59 Å². The maximum atomic E-state index is 11.0. The molecule has 0 aromatic heterocycles. The first-order chi connectivity index (χ1) is 8.13. The maximum absolute atomic E-state index is 11.0. The fraction of sp³-hybridized carbons (Fsp3) is 0.818. The molecule has 98 valence electrons. The molecule has 1 aliphatic heterocycles. The summed E-state index contributed by atoms with van der Waals surface area (Å²) < 4.78 is 0. The maximum Gasteiger partial charge on any atom is 0.243 e. The molecule has 0 saturated carbocycles. The summed E-state index contributed by atoms with van der Waals surface area (Å²) in [6.45, 7) is 2.65. The van der Waals surface area contributed by atoms with E-state index in [1.54, 1.807) is 5.48 Å². The highest BCUT2D eigenvalue weighted by atomic mass is 16.5. The normalized spacial score (nSPS) is 20.4. The van der Waals surface area contributed by atoms with Crippen molar-refractivity contribution in [3.8, 4) is 0 Å². The zero-order valence-electron chi connectivity index (χ0n) is 10.0. The quantitative estimate of drug-likeness (QED) is 0.329. The van der Waals surface area contributed by atoms with E-state index in [0.29, 0.717) is 6.42 Å². The first-order valence-corrected chi connectivity index (χ1v) is 6.08. The summed E-state index contributed by atoms with van der Waals surface area (Å²) in [5.41, 5.74) is 6.87. The molecule has 6 heteroatoms. The van der Waals surface area contributed by atoms with E-state index >= 15 is 0 Å². The van der Waals surface area contributed by atoms with Gasteiger partial charge in [-0.3, -0.25) is 14.8 Å². The van der Waals surface area contributed by atoms with Crippen LogP contribution in [-0.4, -0.2) is 41.6 Å². The molecule has 4 N–H and O–H groups in total. The Bertz CT molecular complexity index is 271. The number of hydroxylamine groups is 1. The smallest absolute Gasteiger partial charge is 0.243 e. The summed E-state index contributed by atoms with van der Waals surface area (Å²) in [6.07, 6.45) is 3.96. The predicted octanol–water partition coefficient (Wildman–Crippen LogP) is -0.141. The Hall–Kier alpha value is -1.14. The van der Waals surface area contributed by atoms with Gasteiger partial charge in [0.05, 0.1) is 5.92 Å². The second-order valence-electron chi connectivity index (χ2n) is 4.53. The van der Waals surface area contributed by atoms with E-state index in [1.165, 1.54) is 0 Å². The van der Waals surface area contributed by atoms with E-state index in [1.807, 2.05) is 0 Å². The molecular weight excluding hydrogens is 222 g/mol. The van der Waals surface area contributed by atoms with Crippen LogP contribution in [0, 0.1) is 5.92 Å².